The summed E-state index contributed by atoms with van der Waals surface area (Å²) in [5.74, 6) is -2.37. The van der Waals surface area contributed by atoms with Gasteiger partial charge in [0.1, 0.15) is 5.82 Å². The molecule has 1 aliphatic rings. The number of aliphatic hydroxyl groups excluding tert-OH is 1. The van der Waals surface area contributed by atoms with E-state index in [1.54, 1.807) is 6.92 Å². The van der Waals surface area contributed by atoms with E-state index in [0.717, 1.165) is 0 Å². The molecule has 0 unspecified atom stereocenters. The third-order valence-corrected chi connectivity index (χ3v) is 5.84. The van der Waals surface area contributed by atoms with Gasteiger partial charge in [-0.25, -0.2) is 4.39 Å². The van der Waals surface area contributed by atoms with Crippen molar-refractivity contribution in [2.24, 2.45) is 11.7 Å². The predicted octanol–water partition coefficient (Wildman–Crippen LogP) is 2.10. The van der Waals surface area contributed by atoms with Crippen molar-refractivity contribution in [2.75, 3.05) is 24.5 Å². The summed E-state index contributed by atoms with van der Waals surface area (Å²) in [6.45, 7) is 6.10. The van der Waals surface area contributed by atoms with E-state index in [9.17, 15) is 24.2 Å². The molecule has 4 N–H and O–H groups in total. The van der Waals surface area contributed by atoms with Gasteiger partial charge in [-0.05, 0) is 44.9 Å². The maximum absolute atomic E-state index is 13.7. The monoisotopic (exact) mass is 429 g/mol. The maximum atomic E-state index is 13.7. The number of carboxylic acids is 1. The second-order valence-corrected chi connectivity index (χ2v) is 8.59. The van der Waals surface area contributed by atoms with Gasteiger partial charge in [-0.2, -0.15) is 0 Å². The molecule has 0 radical (unpaired) electrons. The average molecular weight is 430 g/mol. The molecule has 1 amide bonds. The Morgan fingerprint density at radius 3 is 2.66 bits per heavy atom. The number of anilines is 1. The minimum absolute atomic E-state index is 0.0242. The van der Waals surface area contributed by atoms with Crippen LogP contribution in [0.1, 0.15) is 33.6 Å². The standard InChI is InChI=1S/C20H29ClFN3O4/c1-4-12(19(28)29)7-17(26)15(23)9-24-10-18(27)25(11-20(24,2)3)16-8-13(22)5-6-14(16)21/h5-6,8,12,15,17,26H,4,7,9-11,23H2,1-3H3,(H,28,29)/t12-,15+,17+/m1/s1. The number of rotatable bonds is 8. The van der Waals surface area contributed by atoms with Gasteiger partial charge >= 0.3 is 5.97 Å². The molecule has 0 spiro atoms. The van der Waals surface area contributed by atoms with Gasteiger partial charge in [0.15, 0.2) is 0 Å². The van der Waals surface area contributed by atoms with Crippen LogP contribution in [0.5, 0.6) is 0 Å². The molecule has 0 saturated carbocycles. The number of nitrogens with two attached hydrogens (primary N) is 1. The number of aliphatic hydroxyl groups is 1. The van der Waals surface area contributed by atoms with E-state index < -0.39 is 35.4 Å². The van der Waals surface area contributed by atoms with Gasteiger partial charge in [-0.3, -0.25) is 14.5 Å². The zero-order valence-corrected chi connectivity index (χ0v) is 17.7. The lowest BCUT2D eigenvalue weighted by Crippen LogP contribution is -2.64. The highest BCUT2D eigenvalue weighted by Gasteiger charge is 2.40. The molecule has 1 fully saturated rings. The van der Waals surface area contributed by atoms with E-state index in [2.05, 4.69) is 0 Å². The number of halogens is 2. The zero-order valence-electron chi connectivity index (χ0n) is 16.9. The molecule has 2 rings (SSSR count). The third-order valence-electron chi connectivity index (χ3n) is 5.52. The lowest BCUT2D eigenvalue weighted by atomic mass is 9.93. The molecule has 0 aliphatic carbocycles. The molecule has 3 atom stereocenters. The van der Waals surface area contributed by atoms with Gasteiger partial charge in [-0.15, -0.1) is 0 Å². The number of nitrogens with zero attached hydrogens (tertiary/aromatic N) is 2. The first-order valence-electron chi connectivity index (χ1n) is 9.63. The van der Waals surface area contributed by atoms with Crippen LogP contribution in [0.15, 0.2) is 18.2 Å². The molecular formula is C20H29ClFN3O4. The summed E-state index contributed by atoms with van der Waals surface area (Å²) < 4.78 is 13.7. The highest BCUT2D eigenvalue weighted by molar-refractivity contribution is 6.33. The van der Waals surface area contributed by atoms with Crippen molar-refractivity contribution in [3.8, 4) is 0 Å². The number of amides is 1. The molecule has 0 aromatic heterocycles. The number of carboxylic acid groups (broad SMARTS) is 1. The zero-order chi connectivity index (χ0) is 21.9. The fourth-order valence-electron chi connectivity index (χ4n) is 3.55. The number of aliphatic carboxylic acids is 1. The SMILES string of the molecule is CC[C@H](C[C@H](O)[C@@H](N)CN1CC(=O)N(c2cc(F)ccc2Cl)CC1(C)C)C(=O)O. The van der Waals surface area contributed by atoms with Gasteiger partial charge in [0.05, 0.1) is 29.3 Å². The Bertz CT molecular complexity index is 761. The molecule has 1 aromatic rings. The summed E-state index contributed by atoms with van der Waals surface area (Å²) in [4.78, 5) is 27.3. The highest BCUT2D eigenvalue weighted by atomic mass is 35.5. The smallest absolute Gasteiger partial charge is 0.306 e. The van der Waals surface area contributed by atoms with Crippen LogP contribution in [-0.4, -0.2) is 64.3 Å². The lowest BCUT2D eigenvalue weighted by molar-refractivity contribution is -0.143. The summed E-state index contributed by atoms with van der Waals surface area (Å²) in [7, 11) is 0. The van der Waals surface area contributed by atoms with Crippen LogP contribution in [0.25, 0.3) is 0 Å². The molecule has 7 nitrogen and oxygen atoms in total. The van der Waals surface area contributed by atoms with Crippen molar-refractivity contribution in [3.05, 3.63) is 29.0 Å². The largest absolute Gasteiger partial charge is 0.481 e. The molecule has 1 saturated heterocycles. The van der Waals surface area contributed by atoms with Gasteiger partial charge in [0, 0.05) is 24.7 Å². The second kappa shape index (κ2) is 9.38. The molecular weight excluding hydrogens is 401 g/mol. The number of benzene rings is 1. The average Bonchev–Trinajstić information content (AvgIpc) is 2.64. The van der Waals surface area contributed by atoms with Gasteiger partial charge < -0.3 is 20.8 Å². The van der Waals surface area contributed by atoms with E-state index >= 15 is 0 Å². The van der Waals surface area contributed by atoms with E-state index in [0.29, 0.717) is 12.1 Å². The number of hydrogen-bond acceptors (Lipinski definition) is 5. The van der Waals surface area contributed by atoms with Crippen LogP contribution >= 0.6 is 11.6 Å². The lowest BCUT2D eigenvalue weighted by Gasteiger charge is -2.47. The molecule has 1 aliphatic heterocycles. The molecule has 0 bridgehead atoms. The molecule has 162 valence electrons. The number of carbonyl (C=O) groups excluding carboxylic acids is 1. The first-order valence-corrected chi connectivity index (χ1v) is 10.0. The van der Waals surface area contributed by atoms with Crippen molar-refractivity contribution >= 4 is 29.2 Å². The molecule has 9 heteroatoms. The Kier molecular flexibility index (Phi) is 7.62. The molecule has 1 heterocycles. The van der Waals surface area contributed by atoms with Crippen molar-refractivity contribution in [3.63, 3.8) is 0 Å². The van der Waals surface area contributed by atoms with Crippen LogP contribution in [0.4, 0.5) is 10.1 Å². The van der Waals surface area contributed by atoms with Crippen molar-refractivity contribution in [1.82, 2.24) is 4.90 Å². The maximum Gasteiger partial charge on any atom is 0.306 e. The van der Waals surface area contributed by atoms with Gasteiger partial charge in [0.2, 0.25) is 5.91 Å². The van der Waals surface area contributed by atoms with Crippen LogP contribution in [0, 0.1) is 11.7 Å². The first-order chi connectivity index (χ1) is 13.5. The summed E-state index contributed by atoms with van der Waals surface area (Å²) in [5.41, 5.74) is 5.93. The van der Waals surface area contributed by atoms with E-state index in [1.807, 2.05) is 18.7 Å². The van der Waals surface area contributed by atoms with Crippen LogP contribution < -0.4 is 10.6 Å². The van der Waals surface area contributed by atoms with Crippen LogP contribution in [0.3, 0.4) is 0 Å². The summed E-state index contributed by atoms with van der Waals surface area (Å²) in [6.07, 6.45) is -0.547. The quantitative estimate of drug-likeness (QED) is 0.584. The van der Waals surface area contributed by atoms with Crippen molar-refractivity contribution in [1.29, 1.82) is 0 Å². The topological polar surface area (TPSA) is 107 Å². The fraction of sp³-hybridized carbons (Fsp3) is 0.600. The summed E-state index contributed by atoms with van der Waals surface area (Å²) >= 11 is 6.16. The predicted molar refractivity (Wildman–Crippen MR) is 109 cm³/mol. The normalized spacial score (nSPS) is 20.4. The molecule has 1 aromatic carbocycles. The van der Waals surface area contributed by atoms with Crippen LogP contribution in [0.2, 0.25) is 5.02 Å². The summed E-state index contributed by atoms with van der Waals surface area (Å²) in [6, 6.07) is 3.18. The third kappa shape index (κ3) is 5.66. The summed E-state index contributed by atoms with van der Waals surface area (Å²) in [5, 5.41) is 19.8. The number of carbonyl (C=O) groups is 2. The van der Waals surface area contributed by atoms with Crippen molar-refractivity contribution in [2.45, 2.75) is 51.3 Å². The fourth-order valence-corrected chi connectivity index (χ4v) is 3.77. The number of piperazine rings is 1. The minimum Gasteiger partial charge on any atom is -0.481 e. The Labute approximate surface area is 175 Å². The van der Waals surface area contributed by atoms with E-state index in [-0.39, 0.29) is 37.0 Å². The van der Waals surface area contributed by atoms with E-state index in [1.165, 1.54) is 23.1 Å². The minimum atomic E-state index is -1.00. The Morgan fingerprint density at radius 1 is 1.41 bits per heavy atom. The van der Waals surface area contributed by atoms with Crippen LogP contribution in [-0.2, 0) is 9.59 Å². The second-order valence-electron chi connectivity index (χ2n) is 8.18. The Hall–Kier alpha value is -1.74. The van der Waals surface area contributed by atoms with Gasteiger partial charge in [-0.1, -0.05) is 18.5 Å². The number of hydrogen-bond donors (Lipinski definition) is 3. The van der Waals surface area contributed by atoms with E-state index in [4.69, 9.17) is 17.3 Å². The Balaban J connectivity index is 2.10. The Morgan fingerprint density at radius 2 is 2.07 bits per heavy atom. The highest BCUT2D eigenvalue weighted by Crippen LogP contribution is 2.32. The molecule has 29 heavy (non-hydrogen) atoms. The van der Waals surface area contributed by atoms with Gasteiger partial charge in [0.25, 0.3) is 0 Å². The van der Waals surface area contributed by atoms with Crippen molar-refractivity contribution < 1.29 is 24.2 Å². The first kappa shape index (κ1) is 23.5.